The molecule has 1 aliphatic rings. The zero-order valence-electron chi connectivity index (χ0n) is 25.8. The Bertz CT molecular complexity index is 1280. The van der Waals surface area contributed by atoms with Gasteiger partial charge in [-0.15, -0.1) is 24.8 Å². The number of carbonyl (C=O) groups excluding carboxylic acids is 2. The van der Waals surface area contributed by atoms with Crippen molar-refractivity contribution >= 4 is 36.6 Å². The molecule has 0 radical (unpaired) electrons. The van der Waals surface area contributed by atoms with Crippen LogP contribution in [0.15, 0.2) is 78.9 Å². The van der Waals surface area contributed by atoms with Crippen LogP contribution in [0.4, 0.5) is 0 Å². The molecule has 0 aromatic heterocycles. The summed E-state index contributed by atoms with van der Waals surface area (Å²) >= 11 is 0. The second-order valence-electron chi connectivity index (χ2n) is 11.2. The molecule has 1 heterocycles. The van der Waals surface area contributed by atoms with E-state index in [0.29, 0.717) is 38.2 Å². The van der Waals surface area contributed by atoms with Crippen molar-refractivity contribution in [3.05, 3.63) is 101 Å². The molecule has 0 fully saturated rings. The summed E-state index contributed by atoms with van der Waals surface area (Å²) in [6, 6.07) is 25.1. The van der Waals surface area contributed by atoms with Gasteiger partial charge in [-0.05, 0) is 75.5 Å². The van der Waals surface area contributed by atoms with Gasteiger partial charge in [0.25, 0.3) is 0 Å². The molecule has 2 atom stereocenters. The number of nitrogens with one attached hydrogen (secondary N) is 2. The third kappa shape index (κ3) is 9.19. The number of nitrogens with zero attached hydrogens (tertiary/aromatic N) is 2. The van der Waals surface area contributed by atoms with Gasteiger partial charge in [0.05, 0.1) is 0 Å². The number of fused-ring (bicyclic) bond motifs is 1. The van der Waals surface area contributed by atoms with E-state index in [4.69, 9.17) is 4.74 Å². The zero-order valence-corrected chi connectivity index (χ0v) is 27.4. The third-order valence-corrected chi connectivity index (χ3v) is 7.79. The Labute approximate surface area is 269 Å². The summed E-state index contributed by atoms with van der Waals surface area (Å²) in [4.78, 5) is 31.9. The van der Waals surface area contributed by atoms with Crippen LogP contribution in [0.5, 0.6) is 5.75 Å². The highest BCUT2D eigenvalue weighted by Crippen LogP contribution is 2.34. The first-order valence-electron chi connectivity index (χ1n) is 14.7. The Hall–Kier alpha value is -3.10. The number of rotatable bonds is 12. The van der Waals surface area contributed by atoms with Crippen LogP contribution in [0.3, 0.4) is 0 Å². The molecule has 0 saturated carbocycles. The minimum Gasteiger partial charge on any atom is -0.489 e. The third-order valence-electron chi connectivity index (χ3n) is 7.79. The van der Waals surface area contributed by atoms with Crippen LogP contribution in [-0.2, 0) is 22.6 Å². The summed E-state index contributed by atoms with van der Waals surface area (Å²) < 4.78 is 6.08. The first-order valence-corrected chi connectivity index (χ1v) is 14.7. The molecule has 234 valence electrons. The lowest BCUT2D eigenvalue weighted by Gasteiger charge is -2.38. The van der Waals surface area contributed by atoms with Crippen molar-refractivity contribution in [1.29, 1.82) is 0 Å². The van der Waals surface area contributed by atoms with E-state index in [1.165, 1.54) is 0 Å². The summed E-state index contributed by atoms with van der Waals surface area (Å²) in [5.41, 5.74) is 3.85. The smallest absolute Gasteiger partial charge is 0.247 e. The molecule has 2 amide bonds. The molecular formula is C34H46Cl2N4O3. The molecule has 0 spiro atoms. The molecule has 0 saturated heterocycles. The number of ether oxygens (including phenoxy) is 1. The second-order valence-corrected chi connectivity index (χ2v) is 11.2. The lowest BCUT2D eigenvalue weighted by atomic mass is 9.90. The van der Waals surface area contributed by atoms with Crippen molar-refractivity contribution < 1.29 is 14.3 Å². The normalized spacial score (nSPS) is 14.9. The number of likely N-dealkylation sites (N-methyl/N-ethyl adjacent to an activating group) is 1. The molecule has 3 aromatic carbocycles. The summed E-state index contributed by atoms with van der Waals surface area (Å²) in [7, 11) is 1.78. The van der Waals surface area contributed by atoms with E-state index < -0.39 is 12.1 Å². The fourth-order valence-corrected chi connectivity index (χ4v) is 5.72. The van der Waals surface area contributed by atoms with E-state index in [2.05, 4.69) is 43.2 Å². The van der Waals surface area contributed by atoms with E-state index in [9.17, 15) is 9.59 Å². The van der Waals surface area contributed by atoms with Gasteiger partial charge in [-0.25, -0.2) is 0 Å². The number of benzene rings is 3. The van der Waals surface area contributed by atoms with E-state index >= 15 is 0 Å². The molecule has 3 aromatic rings. The molecule has 0 aliphatic carbocycles. The van der Waals surface area contributed by atoms with Gasteiger partial charge in [0.15, 0.2) is 0 Å². The molecule has 1 aliphatic heterocycles. The van der Waals surface area contributed by atoms with Crippen molar-refractivity contribution in [1.82, 2.24) is 20.4 Å². The minimum atomic E-state index is -0.722. The predicted molar refractivity (Wildman–Crippen MR) is 178 cm³/mol. The highest BCUT2D eigenvalue weighted by Gasteiger charge is 2.38. The monoisotopic (exact) mass is 628 g/mol. The predicted octanol–water partition coefficient (Wildman–Crippen LogP) is 5.73. The first kappa shape index (κ1) is 36.1. The van der Waals surface area contributed by atoms with Gasteiger partial charge in [0, 0.05) is 31.7 Å². The van der Waals surface area contributed by atoms with Gasteiger partial charge in [-0.2, -0.15) is 0 Å². The molecule has 4 rings (SSSR count). The van der Waals surface area contributed by atoms with Crippen molar-refractivity contribution in [3.8, 4) is 5.75 Å². The summed E-state index contributed by atoms with van der Waals surface area (Å²) in [5.74, 6) is 0.487. The van der Waals surface area contributed by atoms with Gasteiger partial charge in [0.2, 0.25) is 11.8 Å². The van der Waals surface area contributed by atoms with Crippen molar-refractivity contribution in [2.24, 2.45) is 0 Å². The average molecular weight is 630 g/mol. The Kier molecular flexibility index (Phi) is 14.5. The van der Waals surface area contributed by atoms with Gasteiger partial charge < -0.3 is 20.3 Å². The lowest BCUT2D eigenvalue weighted by Crippen LogP contribution is -2.51. The van der Waals surface area contributed by atoms with Gasteiger partial charge in [0.1, 0.15) is 24.4 Å². The van der Waals surface area contributed by atoms with Gasteiger partial charge in [-0.3, -0.25) is 14.5 Å². The Morgan fingerprint density at radius 3 is 2.16 bits per heavy atom. The first-order chi connectivity index (χ1) is 19.8. The van der Waals surface area contributed by atoms with Crippen LogP contribution in [0.2, 0.25) is 0 Å². The average Bonchev–Trinajstić information content (AvgIpc) is 2.98. The van der Waals surface area contributed by atoms with Crippen molar-refractivity contribution in [3.63, 3.8) is 0 Å². The summed E-state index contributed by atoms with van der Waals surface area (Å²) in [6.07, 6.45) is 0.646. The molecular weight excluding hydrogens is 583 g/mol. The van der Waals surface area contributed by atoms with Gasteiger partial charge >= 0.3 is 0 Å². The van der Waals surface area contributed by atoms with E-state index in [1.54, 1.807) is 11.9 Å². The summed E-state index contributed by atoms with van der Waals surface area (Å²) in [5, 5.41) is 6.32. The highest BCUT2D eigenvalue weighted by atomic mass is 35.5. The Morgan fingerprint density at radius 2 is 1.56 bits per heavy atom. The maximum absolute atomic E-state index is 14.0. The quantitative estimate of drug-likeness (QED) is 0.268. The molecule has 2 unspecified atom stereocenters. The minimum absolute atomic E-state index is 0. The lowest BCUT2D eigenvalue weighted by molar-refractivity contribution is -0.143. The summed E-state index contributed by atoms with van der Waals surface area (Å²) in [6.45, 7) is 10.8. The number of halogens is 2. The molecule has 9 heteroatoms. The van der Waals surface area contributed by atoms with Crippen LogP contribution >= 0.6 is 24.8 Å². The Morgan fingerprint density at radius 1 is 0.930 bits per heavy atom. The maximum atomic E-state index is 14.0. The largest absolute Gasteiger partial charge is 0.489 e. The SMILES string of the molecule is CNC(C(=O)N1CCc2cc(OCc3ccccc3)ccc2C1C(=O)NCCN(C(C)C)C(C)C)c1ccccc1.Cl.Cl. The number of amides is 2. The van der Waals surface area contributed by atoms with Crippen LogP contribution in [-0.4, -0.2) is 60.4 Å². The fraction of sp³-hybridized carbons (Fsp3) is 0.412. The van der Waals surface area contributed by atoms with E-state index in [-0.39, 0.29) is 36.6 Å². The Balaban J connectivity index is 0.00000323. The van der Waals surface area contributed by atoms with Crippen molar-refractivity contribution in [2.75, 3.05) is 26.7 Å². The number of hydrogen-bond acceptors (Lipinski definition) is 5. The molecule has 2 N–H and O–H groups in total. The second kappa shape index (κ2) is 17.3. The van der Waals surface area contributed by atoms with Crippen LogP contribution in [0.25, 0.3) is 0 Å². The number of hydrogen-bond donors (Lipinski definition) is 2. The van der Waals surface area contributed by atoms with Crippen LogP contribution in [0, 0.1) is 0 Å². The van der Waals surface area contributed by atoms with Gasteiger partial charge in [-0.1, -0.05) is 66.7 Å². The van der Waals surface area contributed by atoms with E-state index in [1.807, 2.05) is 78.9 Å². The van der Waals surface area contributed by atoms with Crippen LogP contribution in [0.1, 0.15) is 62.0 Å². The van der Waals surface area contributed by atoms with Crippen molar-refractivity contribution in [2.45, 2.75) is 64.9 Å². The zero-order chi connectivity index (χ0) is 29.4. The topological polar surface area (TPSA) is 73.9 Å². The maximum Gasteiger partial charge on any atom is 0.247 e. The number of carbonyl (C=O) groups is 2. The fourth-order valence-electron chi connectivity index (χ4n) is 5.72. The standard InChI is InChI=1S/C34H44N4O3.2ClH/c1-24(2)37(25(3)4)21-19-36-33(39)32-30-17-16-29(41-23-26-12-8-6-9-13-26)22-28(30)18-20-38(32)34(40)31(35-5)27-14-10-7-11-15-27;;/h6-17,22,24-25,31-32,35H,18-21,23H2,1-5H3,(H,36,39);2*1H. The van der Waals surface area contributed by atoms with E-state index in [0.717, 1.165) is 34.5 Å². The van der Waals surface area contributed by atoms with Crippen LogP contribution < -0.4 is 15.4 Å². The molecule has 0 bridgehead atoms. The molecule has 43 heavy (non-hydrogen) atoms. The highest BCUT2D eigenvalue weighted by molar-refractivity contribution is 5.92. The molecule has 7 nitrogen and oxygen atoms in total.